The molecule has 0 aliphatic rings. The van der Waals surface area contributed by atoms with E-state index in [1.54, 1.807) is 0 Å². The normalized spacial score (nSPS) is 12.4. The Balaban J connectivity index is 2.65. The number of benzene rings is 1. The van der Waals surface area contributed by atoms with Crippen LogP contribution in [0.25, 0.3) is 0 Å². The minimum absolute atomic E-state index is 0.0283. The van der Waals surface area contributed by atoms with E-state index in [9.17, 15) is 13.2 Å². The first-order chi connectivity index (χ1) is 10.2. The van der Waals surface area contributed by atoms with Crippen LogP contribution < -0.4 is 10.7 Å². The minimum atomic E-state index is -4.43. The number of hydrogen-bond donors (Lipinski definition) is 2. The van der Waals surface area contributed by atoms with E-state index in [4.69, 9.17) is 12.2 Å². The lowest BCUT2D eigenvalue weighted by atomic mass is 10.1. The molecule has 0 bridgehead atoms. The molecule has 0 unspecified atom stereocenters. The van der Waals surface area contributed by atoms with Gasteiger partial charge in [0.15, 0.2) is 5.11 Å². The molecule has 22 heavy (non-hydrogen) atoms. The second-order valence-electron chi connectivity index (χ2n) is 5.39. The van der Waals surface area contributed by atoms with Crippen LogP contribution >= 0.6 is 12.2 Å². The topological polar surface area (TPSA) is 36.4 Å². The molecule has 0 radical (unpaired) electrons. The Morgan fingerprint density at radius 2 is 1.91 bits per heavy atom. The van der Waals surface area contributed by atoms with Gasteiger partial charge in [-0.3, -0.25) is 5.43 Å². The highest BCUT2D eigenvalue weighted by Crippen LogP contribution is 2.34. The largest absolute Gasteiger partial charge is 0.418 e. The summed E-state index contributed by atoms with van der Waals surface area (Å²) in [6, 6.07) is 5.17. The van der Waals surface area contributed by atoms with Crippen LogP contribution in [0.4, 0.5) is 18.9 Å². The summed E-state index contributed by atoms with van der Waals surface area (Å²) >= 11 is 4.98. The first-order valence-electron chi connectivity index (χ1n) is 6.96. The average molecular weight is 331 g/mol. The van der Waals surface area contributed by atoms with Crippen LogP contribution in [0, 0.1) is 5.92 Å². The van der Waals surface area contributed by atoms with E-state index in [0.29, 0.717) is 5.92 Å². The third-order valence-corrected chi connectivity index (χ3v) is 3.11. The van der Waals surface area contributed by atoms with Crippen molar-refractivity contribution in [2.24, 2.45) is 11.0 Å². The van der Waals surface area contributed by atoms with Gasteiger partial charge in [0.1, 0.15) is 0 Å². The van der Waals surface area contributed by atoms with Crippen LogP contribution in [-0.4, -0.2) is 10.8 Å². The van der Waals surface area contributed by atoms with Gasteiger partial charge in [0.2, 0.25) is 0 Å². The van der Waals surface area contributed by atoms with E-state index in [0.717, 1.165) is 24.6 Å². The molecule has 0 aromatic heterocycles. The van der Waals surface area contributed by atoms with Crippen molar-refractivity contribution in [3.63, 3.8) is 0 Å². The molecule has 0 fully saturated rings. The van der Waals surface area contributed by atoms with Crippen molar-refractivity contribution in [3.05, 3.63) is 29.8 Å². The van der Waals surface area contributed by atoms with Gasteiger partial charge in [-0.25, -0.2) is 0 Å². The number of nitrogens with zero attached hydrogens (tertiary/aromatic N) is 1. The highest BCUT2D eigenvalue weighted by Gasteiger charge is 2.33. The summed E-state index contributed by atoms with van der Waals surface area (Å²) in [4.78, 5) is 0. The molecule has 1 aromatic carbocycles. The van der Waals surface area contributed by atoms with Crippen molar-refractivity contribution in [3.8, 4) is 0 Å². The second-order valence-corrected chi connectivity index (χ2v) is 5.80. The van der Waals surface area contributed by atoms with Gasteiger partial charge in [-0.05, 0) is 50.0 Å². The summed E-state index contributed by atoms with van der Waals surface area (Å²) in [7, 11) is 0. The van der Waals surface area contributed by atoms with Crippen molar-refractivity contribution in [2.75, 3.05) is 5.32 Å². The van der Waals surface area contributed by atoms with E-state index >= 15 is 0 Å². The molecule has 0 aliphatic heterocycles. The zero-order valence-corrected chi connectivity index (χ0v) is 13.6. The number of hydrogen-bond acceptors (Lipinski definition) is 2. The van der Waals surface area contributed by atoms with E-state index < -0.39 is 11.7 Å². The molecule has 1 aromatic rings. The number of hydrazone groups is 1. The summed E-state index contributed by atoms with van der Waals surface area (Å²) in [5.41, 5.74) is 2.56. The third-order valence-electron chi connectivity index (χ3n) is 2.91. The smallest absolute Gasteiger partial charge is 0.331 e. The maximum atomic E-state index is 12.9. The SMILES string of the molecule is C/C(CCC(C)C)=N/NC(=S)Nc1ccccc1C(F)(F)F. The molecule has 0 saturated carbocycles. The Hall–Kier alpha value is -1.63. The average Bonchev–Trinajstić information content (AvgIpc) is 2.42. The molecule has 2 N–H and O–H groups in total. The monoisotopic (exact) mass is 331 g/mol. The van der Waals surface area contributed by atoms with Gasteiger partial charge in [0, 0.05) is 5.71 Å². The van der Waals surface area contributed by atoms with Crippen LogP contribution in [0.5, 0.6) is 0 Å². The number of thiocarbonyl (C=S) groups is 1. The number of para-hydroxylation sites is 1. The first kappa shape index (κ1) is 18.4. The maximum absolute atomic E-state index is 12.9. The van der Waals surface area contributed by atoms with Crippen LogP contribution in [0.2, 0.25) is 0 Å². The molecule has 0 spiro atoms. The maximum Gasteiger partial charge on any atom is 0.418 e. The summed E-state index contributed by atoms with van der Waals surface area (Å²) in [6.07, 6.45) is -2.63. The van der Waals surface area contributed by atoms with Crippen LogP contribution in [0.15, 0.2) is 29.4 Å². The Bertz CT molecular complexity index is 539. The third kappa shape index (κ3) is 6.43. The van der Waals surface area contributed by atoms with E-state index in [1.807, 2.05) is 6.92 Å². The predicted octanol–water partition coefficient (Wildman–Crippen LogP) is 4.80. The van der Waals surface area contributed by atoms with E-state index in [2.05, 4.69) is 29.7 Å². The van der Waals surface area contributed by atoms with Crippen molar-refractivity contribution in [1.29, 1.82) is 0 Å². The highest BCUT2D eigenvalue weighted by atomic mass is 32.1. The first-order valence-corrected chi connectivity index (χ1v) is 7.37. The standard InChI is InChI=1S/C15H20F3N3S/c1-10(2)8-9-11(3)20-21-14(22)19-13-7-5-4-6-12(13)15(16,17)18/h4-7,10H,8-9H2,1-3H3,(H2,19,21,22)/b20-11-. The number of rotatable bonds is 5. The molecular weight excluding hydrogens is 311 g/mol. The molecule has 0 amide bonds. The summed E-state index contributed by atoms with van der Waals surface area (Å²) in [6.45, 7) is 6.07. The molecule has 0 atom stereocenters. The van der Waals surface area contributed by atoms with Gasteiger partial charge in [-0.15, -0.1) is 0 Å². The van der Waals surface area contributed by atoms with Gasteiger partial charge in [0.25, 0.3) is 0 Å². The van der Waals surface area contributed by atoms with Crippen LogP contribution in [0.3, 0.4) is 0 Å². The van der Waals surface area contributed by atoms with Gasteiger partial charge in [-0.1, -0.05) is 26.0 Å². The van der Waals surface area contributed by atoms with Crippen LogP contribution in [0.1, 0.15) is 39.2 Å². The van der Waals surface area contributed by atoms with E-state index in [-0.39, 0.29) is 10.8 Å². The lowest BCUT2D eigenvalue weighted by Gasteiger charge is -2.14. The van der Waals surface area contributed by atoms with Crippen molar-refractivity contribution in [2.45, 2.75) is 39.8 Å². The Labute approximate surface area is 134 Å². The highest BCUT2D eigenvalue weighted by molar-refractivity contribution is 7.80. The second kappa shape index (κ2) is 8.12. The lowest BCUT2D eigenvalue weighted by Crippen LogP contribution is -2.26. The Morgan fingerprint density at radius 3 is 2.50 bits per heavy atom. The van der Waals surface area contributed by atoms with E-state index in [1.165, 1.54) is 18.2 Å². The molecule has 122 valence electrons. The number of nitrogens with one attached hydrogen (secondary N) is 2. The Morgan fingerprint density at radius 1 is 1.27 bits per heavy atom. The lowest BCUT2D eigenvalue weighted by molar-refractivity contribution is -0.136. The summed E-state index contributed by atoms with van der Waals surface area (Å²) in [5.74, 6) is 0.564. The molecule has 0 heterocycles. The zero-order chi connectivity index (χ0) is 16.8. The fourth-order valence-corrected chi connectivity index (χ4v) is 1.84. The quantitative estimate of drug-likeness (QED) is 0.462. The van der Waals surface area contributed by atoms with Crippen molar-refractivity contribution in [1.82, 2.24) is 5.43 Å². The van der Waals surface area contributed by atoms with Gasteiger partial charge in [0.05, 0.1) is 11.3 Å². The van der Waals surface area contributed by atoms with Gasteiger partial charge < -0.3 is 5.32 Å². The molecular formula is C15H20F3N3S. The zero-order valence-electron chi connectivity index (χ0n) is 12.8. The van der Waals surface area contributed by atoms with Crippen LogP contribution in [-0.2, 0) is 6.18 Å². The minimum Gasteiger partial charge on any atom is -0.331 e. The fraction of sp³-hybridized carbons (Fsp3) is 0.467. The molecule has 3 nitrogen and oxygen atoms in total. The van der Waals surface area contributed by atoms with Crippen molar-refractivity contribution >= 4 is 28.7 Å². The predicted molar refractivity (Wildman–Crippen MR) is 88.0 cm³/mol. The molecule has 1 rings (SSSR count). The van der Waals surface area contributed by atoms with Gasteiger partial charge >= 0.3 is 6.18 Å². The summed E-state index contributed by atoms with van der Waals surface area (Å²) < 4.78 is 38.6. The number of halogens is 3. The molecule has 0 aliphatic carbocycles. The molecule has 7 heteroatoms. The van der Waals surface area contributed by atoms with Gasteiger partial charge in [-0.2, -0.15) is 18.3 Å². The number of alkyl halides is 3. The fourth-order valence-electron chi connectivity index (χ4n) is 1.69. The number of anilines is 1. The Kier molecular flexibility index (Phi) is 6.80. The van der Waals surface area contributed by atoms with Crippen molar-refractivity contribution < 1.29 is 13.2 Å². The summed E-state index contributed by atoms with van der Waals surface area (Å²) in [5, 5.41) is 6.62. The molecule has 0 saturated heterocycles.